The first kappa shape index (κ1) is 22.6. The van der Waals surface area contributed by atoms with Crippen molar-refractivity contribution in [2.24, 2.45) is 0 Å². The third-order valence-corrected chi connectivity index (χ3v) is 5.22. The Bertz CT molecular complexity index is 1190. The van der Waals surface area contributed by atoms with E-state index in [1.807, 2.05) is 54.6 Å². The zero-order chi connectivity index (χ0) is 23.1. The summed E-state index contributed by atoms with van der Waals surface area (Å²) in [5.74, 6) is -0.380. The number of benzene rings is 3. The van der Waals surface area contributed by atoms with Crippen LogP contribution in [-0.4, -0.2) is 24.4 Å². The van der Waals surface area contributed by atoms with Crippen molar-refractivity contribution in [3.63, 3.8) is 0 Å². The molecule has 0 aliphatic heterocycles. The lowest BCUT2D eigenvalue weighted by molar-refractivity contribution is -0.131. The first-order valence-corrected chi connectivity index (χ1v) is 10.3. The van der Waals surface area contributed by atoms with Gasteiger partial charge in [-0.25, -0.2) is 4.79 Å². The van der Waals surface area contributed by atoms with Crippen LogP contribution in [0.25, 0.3) is 17.2 Å². The van der Waals surface area contributed by atoms with Crippen molar-refractivity contribution in [2.45, 2.75) is 13.3 Å². The zero-order valence-corrected chi connectivity index (χ0v) is 18.1. The molecule has 3 rings (SSSR count). The maximum Gasteiger partial charge on any atom is 0.328 e. The Labute approximate surface area is 188 Å². The number of ether oxygens (including phenoxy) is 1. The van der Waals surface area contributed by atoms with Crippen LogP contribution in [0.4, 0.5) is 5.69 Å². The fourth-order valence-corrected chi connectivity index (χ4v) is 3.70. The quantitative estimate of drug-likeness (QED) is 0.185. The van der Waals surface area contributed by atoms with Crippen molar-refractivity contribution >= 4 is 35.1 Å². The van der Waals surface area contributed by atoms with Crippen LogP contribution in [0.1, 0.15) is 41.2 Å². The number of nitrogens with one attached hydrogen (secondary N) is 1. The van der Waals surface area contributed by atoms with Crippen molar-refractivity contribution in [3.8, 4) is 5.75 Å². The molecule has 0 amide bonds. The molecule has 0 saturated heterocycles. The van der Waals surface area contributed by atoms with Crippen molar-refractivity contribution in [2.75, 3.05) is 12.8 Å². The Kier molecular flexibility index (Phi) is 7.24. The van der Waals surface area contributed by atoms with Gasteiger partial charge in [0.1, 0.15) is 5.75 Å². The maximum atomic E-state index is 10.9. The number of nitrogens with two attached hydrogens (primary N) is 1. The molecule has 0 bridgehead atoms. The van der Waals surface area contributed by atoms with Crippen LogP contribution < -0.4 is 10.5 Å². The maximum absolute atomic E-state index is 10.9. The van der Waals surface area contributed by atoms with E-state index in [9.17, 15) is 4.79 Å². The second kappa shape index (κ2) is 10.3. The molecule has 0 heterocycles. The molecule has 0 atom stereocenters. The molecule has 0 unspecified atom stereocenters. The molecule has 0 aliphatic rings. The standard InChI is InChI=1S/C27H26N2O3/c1-3-22(19-7-5-4-6-8-19)27(20-11-13-24(29)21(16-20)17-28)23-12-9-18(10-14-26(30)31)15-25(23)32-2/h4-17,28H,3,29H2,1-2H3,(H,30,31)/b14-10+,27-22-,28-17?. The third kappa shape index (κ3) is 4.95. The molecule has 4 N–H and O–H groups in total. The number of anilines is 1. The Morgan fingerprint density at radius 1 is 1.06 bits per heavy atom. The van der Waals surface area contributed by atoms with Gasteiger partial charge in [0.2, 0.25) is 0 Å². The monoisotopic (exact) mass is 426 g/mol. The minimum absolute atomic E-state index is 0.544. The van der Waals surface area contributed by atoms with Crippen LogP contribution in [0.5, 0.6) is 5.75 Å². The van der Waals surface area contributed by atoms with Crippen LogP contribution in [-0.2, 0) is 4.79 Å². The molecule has 0 fully saturated rings. The highest BCUT2D eigenvalue weighted by Crippen LogP contribution is 2.39. The van der Waals surface area contributed by atoms with Crippen LogP contribution in [0.2, 0.25) is 0 Å². The van der Waals surface area contributed by atoms with E-state index in [-0.39, 0.29) is 0 Å². The molecule has 162 valence electrons. The number of hydrogen-bond donors (Lipinski definition) is 3. The van der Waals surface area contributed by atoms with Gasteiger partial charge in [0.05, 0.1) is 7.11 Å². The number of carboxylic acids is 1. The molecule has 5 nitrogen and oxygen atoms in total. The second-order valence-corrected chi connectivity index (χ2v) is 7.19. The lowest BCUT2D eigenvalue weighted by Crippen LogP contribution is -2.01. The Balaban J connectivity index is 2.32. The van der Waals surface area contributed by atoms with Gasteiger partial charge in [0.25, 0.3) is 0 Å². The summed E-state index contributed by atoms with van der Waals surface area (Å²) < 4.78 is 5.72. The largest absolute Gasteiger partial charge is 0.496 e. The van der Waals surface area contributed by atoms with Crippen LogP contribution in [0.3, 0.4) is 0 Å². The summed E-state index contributed by atoms with van der Waals surface area (Å²) in [6.45, 7) is 2.10. The van der Waals surface area contributed by atoms with E-state index >= 15 is 0 Å². The summed E-state index contributed by atoms with van der Waals surface area (Å²) in [5.41, 5.74) is 12.9. The van der Waals surface area contributed by atoms with E-state index in [0.717, 1.165) is 45.9 Å². The van der Waals surface area contributed by atoms with Gasteiger partial charge >= 0.3 is 5.97 Å². The molecular weight excluding hydrogens is 400 g/mol. The van der Waals surface area contributed by atoms with Crippen molar-refractivity contribution in [1.82, 2.24) is 0 Å². The molecule has 0 saturated carbocycles. The molecule has 0 aromatic heterocycles. The van der Waals surface area contributed by atoms with Gasteiger partial charge in [0, 0.05) is 29.1 Å². The highest BCUT2D eigenvalue weighted by molar-refractivity contribution is 6.01. The number of hydrogen-bond acceptors (Lipinski definition) is 4. The first-order valence-electron chi connectivity index (χ1n) is 10.3. The lowest BCUT2D eigenvalue weighted by atomic mass is 9.86. The third-order valence-electron chi connectivity index (χ3n) is 5.22. The summed E-state index contributed by atoms with van der Waals surface area (Å²) in [7, 11) is 1.60. The van der Waals surface area contributed by atoms with Crippen molar-refractivity contribution in [3.05, 3.63) is 101 Å². The molecule has 0 radical (unpaired) electrons. The van der Waals surface area contributed by atoms with E-state index < -0.39 is 5.97 Å². The molecule has 3 aromatic carbocycles. The summed E-state index contributed by atoms with van der Waals surface area (Å²) in [6.07, 6.45) is 4.66. The summed E-state index contributed by atoms with van der Waals surface area (Å²) in [5, 5.41) is 16.7. The van der Waals surface area contributed by atoms with E-state index in [0.29, 0.717) is 17.0 Å². The van der Waals surface area contributed by atoms with Crippen LogP contribution in [0, 0.1) is 5.41 Å². The average molecular weight is 427 g/mol. The van der Waals surface area contributed by atoms with Gasteiger partial charge in [-0.15, -0.1) is 0 Å². The predicted molar refractivity (Wildman–Crippen MR) is 131 cm³/mol. The van der Waals surface area contributed by atoms with E-state index in [1.165, 1.54) is 12.3 Å². The zero-order valence-electron chi connectivity index (χ0n) is 18.1. The van der Waals surface area contributed by atoms with Gasteiger partial charge in [0.15, 0.2) is 0 Å². The molecule has 5 heteroatoms. The smallest absolute Gasteiger partial charge is 0.328 e. The normalized spacial score (nSPS) is 11.8. The summed E-state index contributed by atoms with van der Waals surface area (Å²) in [6, 6.07) is 21.4. The highest BCUT2D eigenvalue weighted by atomic mass is 16.5. The number of methoxy groups -OCH3 is 1. The Hall–Kier alpha value is -4.12. The highest BCUT2D eigenvalue weighted by Gasteiger charge is 2.18. The minimum Gasteiger partial charge on any atom is -0.496 e. The Morgan fingerprint density at radius 3 is 2.44 bits per heavy atom. The fraction of sp³-hybridized carbons (Fsp3) is 0.111. The number of aliphatic carboxylic acids is 1. The van der Waals surface area contributed by atoms with Gasteiger partial charge in [-0.3, -0.25) is 0 Å². The number of nitrogen functional groups attached to an aromatic ring is 1. The lowest BCUT2D eigenvalue weighted by Gasteiger charge is -2.19. The topological polar surface area (TPSA) is 96.4 Å². The minimum atomic E-state index is -1.01. The SMILES string of the molecule is CC/C(=C(\c1ccc(N)c(C=N)c1)c1ccc(/C=C/C(=O)O)cc1OC)c1ccccc1. The van der Waals surface area contributed by atoms with Gasteiger partial charge < -0.3 is 21.0 Å². The number of allylic oxidation sites excluding steroid dienone is 1. The molecule has 32 heavy (non-hydrogen) atoms. The van der Waals surface area contributed by atoms with E-state index in [4.69, 9.17) is 21.0 Å². The molecule has 0 spiro atoms. The van der Waals surface area contributed by atoms with Crippen molar-refractivity contribution < 1.29 is 14.6 Å². The van der Waals surface area contributed by atoms with Gasteiger partial charge in [-0.1, -0.05) is 55.5 Å². The summed E-state index contributed by atoms with van der Waals surface area (Å²) >= 11 is 0. The van der Waals surface area contributed by atoms with E-state index in [2.05, 4.69) is 19.1 Å². The Morgan fingerprint density at radius 2 is 1.81 bits per heavy atom. The first-order chi connectivity index (χ1) is 15.5. The van der Waals surface area contributed by atoms with Crippen molar-refractivity contribution in [1.29, 1.82) is 5.41 Å². The average Bonchev–Trinajstić information content (AvgIpc) is 2.82. The van der Waals surface area contributed by atoms with Gasteiger partial charge in [-0.05, 0) is 58.5 Å². The number of carbonyl (C=O) groups is 1. The molecular formula is C27H26N2O3. The number of rotatable bonds is 8. The van der Waals surface area contributed by atoms with E-state index in [1.54, 1.807) is 7.11 Å². The van der Waals surface area contributed by atoms with Crippen LogP contribution >= 0.6 is 0 Å². The predicted octanol–water partition coefficient (Wildman–Crippen LogP) is 5.74. The second-order valence-electron chi connectivity index (χ2n) is 7.19. The number of carboxylic acid groups (broad SMARTS) is 1. The molecule has 0 aliphatic carbocycles. The molecule has 3 aromatic rings. The summed E-state index contributed by atoms with van der Waals surface area (Å²) in [4.78, 5) is 10.9. The van der Waals surface area contributed by atoms with Crippen LogP contribution in [0.15, 0.2) is 72.8 Å². The fourth-order valence-electron chi connectivity index (χ4n) is 3.70. The van der Waals surface area contributed by atoms with Gasteiger partial charge in [-0.2, -0.15) is 0 Å².